The van der Waals surface area contributed by atoms with Crippen molar-refractivity contribution < 1.29 is 14.5 Å². The van der Waals surface area contributed by atoms with Crippen LogP contribution in [-0.2, 0) is 17.8 Å². The Kier molecular flexibility index (Phi) is 7.91. The van der Waals surface area contributed by atoms with Gasteiger partial charge in [-0.05, 0) is 43.1 Å². The molecule has 2 heterocycles. The molecule has 0 aromatic heterocycles. The topological polar surface area (TPSA) is 88.0 Å². The highest BCUT2D eigenvalue weighted by Crippen LogP contribution is 2.26. The number of rotatable bonds is 7. The van der Waals surface area contributed by atoms with E-state index in [1.807, 2.05) is 17.0 Å². The van der Waals surface area contributed by atoms with Gasteiger partial charge in [0.2, 0.25) is 0 Å². The predicted octanol–water partition coefficient (Wildman–Crippen LogP) is 3.74. The first-order chi connectivity index (χ1) is 16.1. The van der Waals surface area contributed by atoms with Gasteiger partial charge in [0.15, 0.2) is 0 Å². The lowest BCUT2D eigenvalue weighted by Gasteiger charge is -2.30. The fourth-order valence-electron chi connectivity index (χ4n) is 4.49. The molecular weight excluding hydrogens is 420 g/mol. The molecule has 2 aliphatic rings. The number of carbonyl (C=O) groups is 1. The normalized spacial score (nSPS) is 17.4. The van der Waals surface area contributed by atoms with E-state index in [0.29, 0.717) is 44.1 Å². The van der Waals surface area contributed by atoms with Gasteiger partial charge in [-0.2, -0.15) is 0 Å². The zero-order valence-corrected chi connectivity index (χ0v) is 19.0. The SMILES string of the molecule is O=C(NCc1ccc(CN2CCCCCC2)cc1)c1cc([N+](=O)[O-])ccc1N1CCOCC1. The predicted molar refractivity (Wildman–Crippen MR) is 127 cm³/mol. The first kappa shape index (κ1) is 23.2. The second kappa shape index (κ2) is 11.2. The van der Waals surface area contributed by atoms with Crippen molar-refractivity contribution in [1.82, 2.24) is 10.2 Å². The molecule has 0 spiro atoms. The number of amides is 1. The average molecular weight is 453 g/mol. The van der Waals surface area contributed by atoms with Gasteiger partial charge in [-0.25, -0.2) is 0 Å². The quantitative estimate of drug-likeness (QED) is 0.509. The number of nitrogens with zero attached hydrogens (tertiary/aromatic N) is 3. The summed E-state index contributed by atoms with van der Waals surface area (Å²) in [4.78, 5) is 28.4. The lowest BCUT2D eigenvalue weighted by atomic mass is 10.1. The fourth-order valence-corrected chi connectivity index (χ4v) is 4.49. The molecule has 8 heteroatoms. The molecule has 2 fully saturated rings. The molecule has 0 bridgehead atoms. The molecule has 0 aliphatic carbocycles. The summed E-state index contributed by atoms with van der Waals surface area (Å²) in [5, 5.41) is 14.2. The van der Waals surface area contributed by atoms with E-state index in [1.165, 1.54) is 43.4 Å². The Morgan fingerprint density at radius 3 is 2.27 bits per heavy atom. The molecule has 176 valence electrons. The number of hydrogen-bond acceptors (Lipinski definition) is 6. The van der Waals surface area contributed by atoms with Crippen LogP contribution < -0.4 is 10.2 Å². The highest BCUT2D eigenvalue weighted by atomic mass is 16.6. The van der Waals surface area contributed by atoms with Gasteiger partial charge in [0.25, 0.3) is 11.6 Å². The van der Waals surface area contributed by atoms with Crippen LogP contribution in [0.2, 0.25) is 0 Å². The van der Waals surface area contributed by atoms with E-state index in [9.17, 15) is 14.9 Å². The molecule has 8 nitrogen and oxygen atoms in total. The van der Waals surface area contributed by atoms with E-state index in [1.54, 1.807) is 6.07 Å². The summed E-state index contributed by atoms with van der Waals surface area (Å²) in [6.45, 7) is 6.09. The smallest absolute Gasteiger partial charge is 0.270 e. The summed E-state index contributed by atoms with van der Waals surface area (Å²) >= 11 is 0. The van der Waals surface area contributed by atoms with Crippen LogP contribution in [-0.4, -0.2) is 55.1 Å². The Balaban J connectivity index is 1.40. The molecule has 1 N–H and O–H groups in total. The highest BCUT2D eigenvalue weighted by molar-refractivity contribution is 6.00. The Bertz CT molecular complexity index is 949. The number of nitro benzene ring substituents is 1. The lowest BCUT2D eigenvalue weighted by molar-refractivity contribution is -0.384. The monoisotopic (exact) mass is 452 g/mol. The Morgan fingerprint density at radius 2 is 1.61 bits per heavy atom. The number of hydrogen-bond donors (Lipinski definition) is 1. The molecule has 2 aromatic rings. The first-order valence-electron chi connectivity index (χ1n) is 11.8. The third-order valence-electron chi connectivity index (χ3n) is 6.37. The van der Waals surface area contributed by atoms with Crippen molar-refractivity contribution in [2.24, 2.45) is 0 Å². The molecule has 33 heavy (non-hydrogen) atoms. The summed E-state index contributed by atoms with van der Waals surface area (Å²) in [7, 11) is 0. The van der Waals surface area contributed by atoms with Gasteiger partial charge in [-0.15, -0.1) is 0 Å². The molecule has 2 saturated heterocycles. The number of anilines is 1. The minimum Gasteiger partial charge on any atom is -0.378 e. The van der Waals surface area contributed by atoms with Crippen LogP contribution in [0.3, 0.4) is 0 Å². The molecule has 0 radical (unpaired) electrons. The van der Waals surface area contributed by atoms with Gasteiger partial charge in [0, 0.05) is 38.3 Å². The first-order valence-corrected chi connectivity index (χ1v) is 11.8. The van der Waals surface area contributed by atoms with Gasteiger partial charge >= 0.3 is 0 Å². The van der Waals surface area contributed by atoms with Crippen molar-refractivity contribution in [2.45, 2.75) is 38.8 Å². The van der Waals surface area contributed by atoms with E-state index < -0.39 is 4.92 Å². The summed E-state index contributed by atoms with van der Waals surface area (Å²) in [5.41, 5.74) is 3.22. The summed E-state index contributed by atoms with van der Waals surface area (Å²) in [6, 6.07) is 12.8. The molecular formula is C25H32N4O4. The third-order valence-corrected chi connectivity index (χ3v) is 6.37. The number of likely N-dealkylation sites (tertiary alicyclic amines) is 1. The molecule has 4 rings (SSSR count). The number of benzene rings is 2. The number of morpholine rings is 1. The zero-order valence-electron chi connectivity index (χ0n) is 19.0. The molecule has 0 atom stereocenters. The van der Waals surface area contributed by atoms with Crippen molar-refractivity contribution in [3.05, 3.63) is 69.3 Å². The van der Waals surface area contributed by atoms with Crippen LogP contribution in [0, 0.1) is 10.1 Å². The minimum absolute atomic E-state index is 0.0879. The van der Waals surface area contributed by atoms with E-state index in [0.717, 1.165) is 25.2 Å². The van der Waals surface area contributed by atoms with Crippen LogP contribution in [0.15, 0.2) is 42.5 Å². The number of ether oxygens (including phenoxy) is 1. The van der Waals surface area contributed by atoms with Crippen molar-refractivity contribution in [2.75, 3.05) is 44.3 Å². The van der Waals surface area contributed by atoms with E-state index >= 15 is 0 Å². The second-order valence-corrected chi connectivity index (χ2v) is 8.75. The zero-order chi connectivity index (χ0) is 23.0. The van der Waals surface area contributed by atoms with Crippen LogP contribution in [0.4, 0.5) is 11.4 Å². The Morgan fingerprint density at radius 1 is 0.939 bits per heavy atom. The van der Waals surface area contributed by atoms with Gasteiger partial charge in [-0.3, -0.25) is 19.8 Å². The van der Waals surface area contributed by atoms with Crippen molar-refractivity contribution in [1.29, 1.82) is 0 Å². The largest absolute Gasteiger partial charge is 0.378 e. The lowest BCUT2D eigenvalue weighted by Crippen LogP contribution is -2.38. The molecule has 2 aromatic carbocycles. The van der Waals surface area contributed by atoms with Crippen LogP contribution >= 0.6 is 0 Å². The fraction of sp³-hybridized carbons (Fsp3) is 0.480. The number of carbonyl (C=O) groups excluding carboxylic acids is 1. The van der Waals surface area contributed by atoms with Gasteiger partial charge in [0.05, 0.1) is 29.4 Å². The summed E-state index contributed by atoms with van der Waals surface area (Å²) in [6.07, 6.45) is 5.20. The number of nitro groups is 1. The maximum absolute atomic E-state index is 13.0. The van der Waals surface area contributed by atoms with Crippen LogP contribution in [0.25, 0.3) is 0 Å². The Hall–Kier alpha value is -2.97. The van der Waals surface area contributed by atoms with E-state index in [-0.39, 0.29) is 11.6 Å². The number of non-ortho nitro benzene ring substituents is 1. The highest BCUT2D eigenvalue weighted by Gasteiger charge is 2.22. The van der Waals surface area contributed by atoms with E-state index in [4.69, 9.17) is 4.74 Å². The maximum atomic E-state index is 13.0. The third kappa shape index (κ3) is 6.30. The van der Waals surface area contributed by atoms with Crippen molar-refractivity contribution in [3.63, 3.8) is 0 Å². The standard InChI is InChI=1S/C25H32N4O4/c30-25(23-17-22(29(31)32)9-10-24(23)28-13-15-33-16-14-28)26-18-20-5-7-21(8-6-20)19-27-11-3-1-2-4-12-27/h5-10,17H,1-4,11-16,18-19H2,(H,26,30). The number of nitrogens with one attached hydrogen (secondary N) is 1. The summed E-state index contributed by atoms with van der Waals surface area (Å²) < 4.78 is 5.40. The van der Waals surface area contributed by atoms with Crippen molar-refractivity contribution in [3.8, 4) is 0 Å². The Labute approximate surface area is 194 Å². The average Bonchev–Trinajstić information content (AvgIpc) is 3.12. The van der Waals surface area contributed by atoms with Crippen LogP contribution in [0.1, 0.15) is 47.2 Å². The maximum Gasteiger partial charge on any atom is 0.270 e. The minimum atomic E-state index is -0.469. The van der Waals surface area contributed by atoms with Crippen molar-refractivity contribution >= 4 is 17.3 Å². The molecule has 2 aliphatic heterocycles. The molecule has 0 saturated carbocycles. The van der Waals surface area contributed by atoms with Gasteiger partial charge in [0.1, 0.15) is 0 Å². The van der Waals surface area contributed by atoms with E-state index in [2.05, 4.69) is 22.3 Å². The summed E-state index contributed by atoms with van der Waals surface area (Å²) in [5.74, 6) is -0.311. The molecule has 0 unspecified atom stereocenters. The molecule has 1 amide bonds. The second-order valence-electron chi connectivity index (χ2n) is 8.75. The van der Waals surface area contributed by atoms with Gasteiger partial charge in [-0.1, -0.05) is 37.1 Å². The van der Waals surface area contributed by atoms with Crippen LogP contribution in [0.5, 0.6) is 0 Å². The van der Waals surface area contributed by atoms with Gasteiger partial charge < -0.3 is 15.0 Å².